The lowest BCUT2D eigenvalue weighted by Crippen LogP contribution is -2.26. The molecular weight excluding hydrogens is 587 g/mol. The van der Waals surface area contributed by atoms with E-state index in [1.165, 1.54) is 34.9 Å². The number of nitrogens with zero attached hydrogens (tertiary/aromatic N) is 1. The molecule has 0 aliphatic heterocycles. The van der Waals surface area contributed by atoms with E-state index in [0.29, 0.717) is 16.8 Å². The highest BCUT2D eigenvalue weighted by atomic mass is 19.4. The van der Waals surface area contributed by atoms with Crippen LogP contribution in [-0.4, -0.2) is 27.6 Å². The number of halogens is 3. The zero-order chi connectivity index (χ0) is 32.1. The average Bonchev–Trinajstić information content (AvgIpc) is 3.37. The van der Waals surface area contributed by atoms with Crippen molar-refractivity contribution in [1.82, 2.24) is 9.88 Å². The highest BCUT2D eigenvalue weighted by molar-refractivity contribution is 6.08. The molecule has 3 N–H and O–H groups in total. The summed E-state index contributed by atoms with van der Waals surface area (Å²) in [6.07, 6.45) is -3.62. The van der Waals surface area contributed by atoms with Crippen molar-refractivity contribution in [3.05, 3.63) is 132 Å². The lowest BCUT2D eigenvalue weighted by Gasteiger charge is -2.11. The standard InChI is InChI=1S/C34H26F3N3O5/c1-40-20-27(39-31(41)29-5-3-2-4-28(29)24-14-16-26(17-15-24)34(35,36)37)18-30(40)45-33(44)38-19-21-6-8-22(9-7-21)23-10-12-25(13-11-23)32(42)43/h2-18,20H,19H2,1H3,(H,38,44)(H,39,41)(H,42,43). The Balaban J connectivity index is 1.18. The Bertz CT molecular complexity index is 1850. The number of amides is 2. The van der Waals surface area contributed by atoms with Crippen molar-refractivity contribution < 1.29 is 37.4 Å². The van der Waals surface area contributed by atoms with Gasteiger partial charge >= 0.3 is 18.2 Å². The number of ether oxygens (including phenoxy) is 1. The first-order valence-electron chi connectivity index (χ1n) is 13.6. The summed E-state index contributed by atoms with van der Waals surface area (Å²) in [4.78, 5) is 36.7. The van der Waals surface area contributed by atoms with Crippen molar-refractivity contribution in [2.45, 2.75) is 12.7 Å². The van der Waals surface area contributed by atoms with Gasteiger partial charge in [0.05, 0.1) is 16.8 Å². The molecule has 5 rings (SSSR count). The minimum Gasteiger partial charge on any atom is -0.478 e. The van der Waals surface area contributed by atoms with Crippen LogP contribution in [0.1, 0.15) is 31.8 Å². The van der Waals surface area contributed by atoms with Crippen molar-refractivity contribution in [2.24, 2.45) is 7.05 Å². The van der Waals surface area contributed by atoms with E-state index in [4.69, 9.17) is 9.84 Å². The van der Waals surface area contributed by atoms with E-state index in [9.17, 15) is 27.6 Å². The van der Waals surface area contributed by atoms with Crippen LogP contribution in [0, 0.1) is 0 Å². The Morgan fingerprint density at radius 3 is 2.04 bits per heavy atom. The Morgan fingerprint density at radius 1 is 0.822 bits per heavy atom. The zero-order valence-electron chi connectivity index (χ0n) is 23.8. The van der Waals surface area contributed by atoms with Gasteiger partial charge in [0.25, 0.3) is 5.91 Å². The number of alkyl halides is 3. The second kappa shape index (κ2) is 12.8. The van der Waals surface area contributed by atoms with Crippen LogP contribution in [0.25, 0.3) is 22.3 Å². The molecule has 5 aromatic rings. The number of carbonyl (C=O) groups excluding carboxylic acids is 2. The predicted molar refractivity (Wildman–Crippen MR) is 162 cm³/mol. The monoisotopic (exact) mass is 613 g/mol. The minimum atomic E-state index is -4.47. The molecule has 0 fully saturated rings. The predicted octanol–water partition coefficient (Wildman–Crippen LogP) is 7.62. The average molecular weight is 614 g/mol. The topological polar surface area (TPSA) is 110 Å². The maximum absolute atomic E-state index is 13.1. The zero-order valence-corrected chi connectivity index (χ0v) is 23.8. The molecule has 0 saturated carbocycles. The van der Waals surface area contributed by atoms with Crippen LogP contribution in [0.4, 0.5) is 23.7 Å². The first-order valence-corrected chi connectivity index (χ1v) is 13.6. The van der Waals surface area contributed by atoms with E-state index in [-0.39, 0.29) is 23.6 Å². The van der Waals surface area contributed by atoms with Crippen LogP contribution in [0.3, 0.4) is 0 Å². The summed E-state index contributed by atoms with van der Waals surface area (Å²) in [5.41, 5.74) is 3.48. The van der Waals surface area contributed by atoms with Gasteiger partial charge in [0.2, 0.25) is 5.88 Å². The third-order valence-corrected chi connectivity index (χ3v) is 6.97. The smallest absolute Gasteiger partial charge is 0.416 e. The lowest BCUT2D eigenvalue weighted by molar-refractivity contribution is -0.137. The summed E-state index contributed by atoms with van der Waals surface area (Å²) in [7, 11) is 1.64. The summed E-state index contributed by atoms with van der Waals surface area (Å²) in [6.45, 7) is 0.186. The van der Waals surface area contributed by atoms with Crippen molar-refractivity contribution in [3.8, 4) is 28.1 Å². The summed E-state index contributed by atoms with van der Waals surface area (Å²) in [5, 5.41) is 14.5. The van der Waals surface area contributed by atoms with Crippen molar-refractivity contribution >= 4 is 23.7 Å². The molecule has 2 amide bonds. The Kier molecular flexibility index (Phi) is 8.71. The number of carboxylic acids is 1. The van der Waals surface area contributed by atoms with Crippen molar-refractivity contribution in [3.63, 3.8) is 0 Å². The lowest BCUT2D eigenvalue weighted by atomic mass is 9.98. The van der Waals surface area contributed by atoms with Gasteiger partial charge in [-0.3, -0.25) is 4.79 Å². The number of aryl methyl sites for hydroxylation is 1. The second-order valence-corrected chi connectivity index (χ2v) is 10.1. The quantitative estimate of drug-likeness (QED) is 0.167. The number of hydrogen-bond acceptors (Lipinski definition) is 4. The van der Waals surface area contributed by atoms with Crippen LogP contribution >= 0.6 is 0 Å². The normalized spacial score (nSPS) is 11.1. The van der Waals surface area contributed by atoms with Gasteiger partial charge in [-0.25, -0.2) is 9.59 Å². The van der Waals surface area contributed by atoms with Gasteiger partial charge in [0, 0.05) is 31.4 Å². The molecule has 0 atom stereocenters. The maximum atomic E-state index is 13.1. The SMILES string of the molecule is Cn1cc(NC(=O)c2ccccc2-c2ccc(C(F)(F)F)cc2)cc1OC(=O)NCc1ccc(-c2ccc(C(=O)O)cc2)cc1. The van der Waals surface area contributed by atoms with E-state index in [0.717, 1.165) is 28.8 Å². The molecule has 11 heteroatoms. The van der Waals surface area contributed by atoms with Crippen LogP contribution in [-0.2, 0) is 19.8 Å². The molecule has 8 nitrogen and oxygen atoms in total. The molecule has 0 spiro atoms. The number of benzene rings is 4. The molecule has 0 radical (unpaired) electrons. The Morgan fingerprint density at radius 2 is 1.42 bits per heavy atom. The largest absolute Gasteiger partial charge is 0.478 e. The number of aromatic nitrogens is 1. The number of rotatable bonds is 8. The highest BCUT2D eigenvalue weighted by Crippen LogP contribution is 2.32. The van der Waals surface area contributed by atoms with Crippen LogP contribution in [0.15, 0.2) is 109 Å². The fourth-order valence-corrected chi connectivity index (χ4v) is 4.61. The number of nitrogens with one attached hydrogen (secondary N) is 2. The molecule has 0 saturated heterocycles. The van der Waals surface area contributed by atoms with Crippen LogP contribution in [0.5, 0.6) is 5.88 Å². The molecule has 45 heavy (non-hydrogen) atoms. The number of hydrogen-bond donors (Lipinski definition) is 3. The third kappa shape index (κ3) is 7.39. The first kappa shape index (κ1) is 30.6. The molecule has 0 aliphatic carbocycles. The highest BCUT2D eigenvalue weighted by Gasteiger charge is 2.30. The van der Waals surface area contributed by atoms with E-state index >= 15 is 0 Å². The van der Waals surface area contributed by atoms with E-state index in [1.807, 2.05) is 24.3 Å². The van der Waals surface area contributed by atoms with E-state index in [2.05, 4.69) is 10.6 Å². The van der Waals surface area contributed by atoms with Gasteiger partial charge in [-0.2, -0.15) is 13.2 Å². The van der Waals surface area contributed by atoms with Gasteiger partial charge < -0.3 is 25.0 Å². The summed E-state index contributed by atoms with van der Waals surface area (Å²) >= 11 is 0. The molecule has 0 aliphatic rings. The number of carboxylic acid groups (broad SMARTS) is 1. The van der Waals surface area contributed by atoms with Crippen LogP contribution in [0.2, 0.25) is 0 Å². The van der Waals surface area contributed by atoms with Gasteiger partial charge in [-0.15, -0.1) is 0 Å². The molecule has 1 aromatic heterocycles. The molecule has 1 heterocycles. The molecular formula is C34H26F3N3O5. The first-order chi connectivity index (χ1) is 21.5. The third-order valence-electron chi connectivity index (χ3n) is 6.97. The van der Waals surface area contributed by atoms with E-state index < -0.39 is 29.7 Å². The van der Waals surface area contributed by atoms with Gasteiger partial charge in [-0.05, 0) is 58.1 Å². The number of aromatic carboxylic acids is 1. The molecule has 0 bridgehead atoms. The second-order valence-electron chi connectivity index (χ2n) is 10.1. The molecule has 0 unspecified atom stereocenters. The fourth-order valence-electron chi connectivity index (χ4n) is 4.61. The number of anilines is 1. The molecule has 4 aromatic carbocycles. The van der Waals surface area contributed by atoms with Gasteiger partial charge in [0.15, 0.2) is 0 Å². The number of carbonyl (C=O) groups is 3. The fraction of sp³-hybridized carbons (Fsp3) is 0.0882. The molecule has 228 valence electrons. The minimum absolute atomic E-state index is 0.166. The van der Waals surface area contributed by atoms with Crippen LogP contribution < -0.4 is 15.4 Å². The maximum Gasteiger partial charge on any atom is 0.416 e. The Labute approximate surface area is 255 Å². The van der Waals surface area contributed by atoms with Gasteiger partial charge in [-0.1, -0.05) is 66.7 Å². The van der Waals surface area contributed by atoms with E-state index in [1.54, 1.807) is 49.6 Å². The summed E-state index contributed by atoms with van der Waals surface area (Å²) < 4.78 is 45.9. The summed E-state index contributed by atoms with van der Waals surface area (Å²) in [6, 6.07) is 26.5. The van der Waals surface area contributed by atoms with Crippen molar-refractivity contribution in [2.75, 3.05) is 5.32 Å². The summed E-state index contributed by atoms with van der Waals surface area (Å²) in [5.74, 6) is -1.32. The van der Waals surface area contributed by atoms with Crippen molar-refractivity contribution in [1.29, 1.82) is 0 Å². The Hall–Kier alpha value is -5.84. The van der Waals surface area contributed by atoms with Gasteiger partial charge in [0.1, 0.15) is 0 Å².